The highest BCUT2D eigenvalue weighted by Crippen LogP contribution is 2.19. The van der Waals surface area contributed by atoms with E-state index >= 15 is 0 Å². The van der Waals surface area contributed by atoms with Crippen LogP contribution in [0.5, 0.6) is 0 Å². The smallest absolute Gasteiger partial charge is 0.292 e. The number of anilines is 2. The average Bonchev–Trinajstić information content (AvgIpc) is 2.36. The fraction of sp³-hybridized carbons (Fsp3) is 0.154. The molecule has 2 heterocycles. The second-order valence-electron chi connectivity index (χ2n) is 4.22. The maximum absolute atomic E-state index is 11.9. The van der Waals surface area contributed by atoms with Gasteiger partial charge in [0.15, 0.2) is 0 Å². The molecule has 0 aliphatic heterocycles. The molecular formula is C13H12Br2N4O. The second kappa shape index (κ2) is 6.32. The van der Waals surface area contributed by atoms with Crippen LogP contribution in [-0.2, 0) is 0 Å². The third-order valence-corrected chi connectivity index (χ3v) is 3.42. The number of carbonyl (C=O) groups is 1. The summed E-state index contributed by atoms with van der Waals surface area (Å²) in [5.74, 6) is 1.03. The number of hydrogen-bond acceptors (Lipinski definition) is 3. The van der Waals surface area contributed by atoms with E-state index in [4.69, 9.17) is 0 Å². The van der Waals surface area contributed by atoms with Gasteiger partial charge in [0.1, 0.15) is 11.6 Å². The first-order valence-corrected chi connectivity index (χ1v) is 7.36. The maximum Gasteiger partial charge on any atom is 0.326 e. The standard InChI is InChI=1S/C13H12Br2N4O/c1-7-3-9(14)5-16-11(7)18-13(20)19-12-8(2)4-10(15)6-17-12/h3-6H,1-2H3,(H2,16,17,18,19,20). The first-order chi connectivity index (χ1) is 9.45. The predicted octanol–water partition coefficient (Wildman–Crippen LogP) is 4.26. The van der Waals surface area contributed by atoms with Crippen molar-refractivity contribution in [1.82, 2.24) is 9.97 Å². The van der Waals surface area contributed by atoms with Crippen molar-refractivity contribution in [2.24, 2.45) is 0 Å². The van der Waals surface area contributed by atoms with Crippen molar-refractivity contribution in [2.45, 2.75) is 13.8 Å². The van der Waals surface area contributed by atoms with Crippen LogP contribution < -0.4 is 10.6 Å². The number of rotatable bonds is 2. The highest BCUT2D eigenvalue weighted by molar-refractivity contribution is 9.10. The van der Waals surface area contributed by atoms with Crippen molar-refractivity contribution in [3.8, 4) is 0 Å². The number of halogens is 2. The first kappa shape index (κ1) is 14.9. The van der Waals surface area contributed by atoms with Gasteiger partial charge in [0, 0.05) is 21.3 Å². The number of aromatic nitrogens is 2. The Morgan fingerprint density at radius 2 is 1.35 bits per heavy atom. The van der Waals surface area contributed by atoms with Crippen LogP contribution in [0.1, 0.15) is 11.1 Å². The maximum atomic E-state index is 11.9. The van der Waals surface area contributed by atoms with E-state index in [-0.39, 0.29) is 6.03 Å². The number of nitrogens with one attached hydrogen (secondary N) is 2. The summed E-state index contributed by atoms with van der Waals surface area (Å²) in [6.45, 7) is 3.74. The minimum atomic E-state index is -0.374. The van der Waals surface area contributed by atoms with Gasteiger partial charge in [0.25, 0.3) is 0 Å². The van der Waals surface area contributed by atoms with Gasteiger partial charge < -0.3 is 0 Å². The molecule has 0 aliphatic rings. The van der Waals surface area contributed by atoms with Gasteiger partial charge in [0.05, 0.1) is 0 Å². The molecular weight excluding hydrogens is 388 g/mol. The van der Waals surface area contributed by atoms with Crippen molar-refractivity contribution in [2.75, 3.05) is 10.6 Å². The van der Waals surface area contributed by atoms with Crippen LogP contribution in [0, 0.1) is 13.8 Å². The number of hydrogen-bond donors (Lipinski definition) is 2. The van der Waals surface area contributed by atoms with Crippen LogP contribution >= 0.6 is 31.9 Å². The number of carbonyl (C=O) groups excluding carboxylic acids is 1. The lowest BCUT2D eigenvalue weighted by Crippen LogP contribution is -2.21. The summed E-state index contributed by atoms with van der Waals surface area (Å²) < 4.78 is 1.73. The van der Waals surface area contributed by atoms with Gasteiger partial charge in [-0.3, -0.25) is 10.6 Å². The van der Waals surface area contributed by atoms with E-state index in [2.05, 4.69) is 52.5 Å². The fourth-order valence-corrected chi connectivity index (χ4v) is 2.48. The molecule has 2 rings (SSSR count). The van der Waals surface area contributed by atoms with Crippen LogP contribution in [0.25, 0.3) is 0 Å². The molecule has 0 spiro atoms. The summed E-state index contributed by atoms with van der Waals surface area (Å²) in [7, 11) is 0. The topological polar surface area (TPSA) is 66.9 Å². The monoisotopic (exact) mass is 398 g/mol. The SMILES string of the molecule is Cc1cc(Br)cnc1NC(=O)Nc1ncc(Br)cc1C. The highest BCUT2D eigenvalue weighted by atomic mass is 79.9. The molecule has 0 unspecified atom stereocenters. The van der Waals surface area contributed by atoms with E-state index in [0.29, 0.717) is 11.6 Å². The Morgan fingerprint density at radius 1 is 0.950 bits per heavy atom. The van der Waals surface area contributed by atoms with Crippen molar-refractivity contribution in [3.05, 3.63) is 44.6 Å². The Balaban J connectivity index is 2.09. The van der Waals surface area contributed by atoms with Crippen molar-refractivity contribution in [1.29, 1.82) is 0 Å². The number of aryl methyl sites for hydroxylation is 2. The predicted molar refractivity (Wildman–Crippen MR) is 86.0 cm³/mol. The van der Waals surface area contributed by atoms with Crippen LogP contribution in [0.4, 0.5) is 16.4 Å². The van der Waals surface area contributed by atoms with E-state index < -0.39 is 0 Å². The third-order valence-electron chi connectivity index (χ3n) is 2.55. The molecule has 0 aliphatic carbocycles. The third kappa shape index (κ3) is 3.77. The molecule has 0 atom stereocenters. The van der Waals surface area contributed by atoms with Crippen LogP contribution in [0.3, 0.4) is 0 Å². The van der Waals surface area contributed by atoms with Crippen molar-refractivity contribution in [3.63, 3.8) is 0 Å². The van der Waals surface area contributed by atoms with E-state index in [9.17, 15) is 4.79 Å². The van der Waals surface area contributed by atoms with E-state index in [1.165, 1.54) is 0 Å². The molecule has 2 amide bonds. The lowest BCUT2D eigenvalue weighted by molar-refractivity contribution is 0.262. The molecule has 0 radical (unpaired) electrons. The molecule has 7 heteroatoms. The highest BCUT2D eigenvalue weighted by Gasteiger charge is 2.09. The van der Waals surface area contributed by atoms with Crippen molar-refractivity contribution < 1.29 is 4.79 Å². The number of pyridine rings is 2. The minimum Gasteiger partial charge on any atom is -0.292 e. The van der Waals surface area contributed by atoms with Crippen LogP contribution in [-0.4, -0.2) is 16.0 Å². The molecule has 2 aromatic heterocycles. The number of nitrogens with zero attached hydrogens (tertiary/aromatic N) is 2. The Morgan fingerprint density at radius 3 is 1.70 bits per heavy atom. The molecule has 104 valence electrons. The molecule has 0 saturated carbocycles. The first-order valence-electron chi connectivity index (χ1n) is 5.78. The zero-order valence-corrected chi connectivity index (χ0v) is 14.0. The Labute approximate surface area is 133 Å². The lowest BCUT2D eigenvalue weighted by Gasteiger charge is -2.10. The van der Waals surface area contributed by atoms with Gasteiger partial charge in [-0.2, -0.15) is 0 Å². The molecule has 0 aromatic carbocycles. The Bertz CT molecular complexity index is 605. The molecule has 2 N–H and O–H groups in total. The van der Waals surface area contributed by atoms with Gasteiger partial charge in [-0.25, -0.2) is 14.8 Å². The van der Waals surface area contributed by atoms with Crippen LogP contribution in [0.15, 0.2) is 33.5 Å². The Hall–Kier alpha value is -1.47. The van der Waals surface area contributed by atoms with Gasteiger partial charge in [-0.1, -0.05) is 0 Å². The second-order valence-corrected chi connectivity index (χ2v) is 6.05. The molecule has 0 saturated heterocycles. The zero-order chi connectivity index (χ0) is 14.7. The normalized spacial score (nSPS) is 10.2. The quantitative estimate of drug-likeness (QED) is 0.792. The Kier molecular flexibility index (Phi) is 4.72. The fourth-order valence-electron chi connectivity index (χ4n) is 1.59. The van der Waals surface area contributed by atoms with E-state index in [1.54, 1.807) is 12.4 Å². The lowest BCUT2D eigenvalue weighted by atomic mass is 10.3. The van der Waals surface area contributed by atoms with Gasteiger partial charge in [0.2, 0.25) is 0 Å². The number of urea groups is 1. The van der Waals surface area contributed by atoms with Crippen LogP contribution in [0.2, 0.25) is 0 Å². The minimum absolute atomic E-state index is 0.374. The summed E-state index contributed by atoms with van der Waals surface area (Å²) in [4.78, 5) is 20.2. The van der Waals surface area contributed by atoms with Crippen molar-refractivity contribution >= 4 is 49.5 Å². The molecule has 5 nitrogen and oxygen atoms in total. The summed E-state index contributed by atoms with van der Waals surface area (Å²) in [5, 5.41) is 5.39. The zero-order valence-electron chi connectivity index (χ0n) is 10.9. The van der Waals surface area contributed by atoms with Gasteiger partial charge >= 0.3 is 6.03 Å². The number of amides is 2. The van der Waals surface area contributed by atoms with E-state index in [1.807, 2.05) is 26.0 Å². The molecule has 2 aromatic rings. The average molecular weight is 400 g/mol. The summed E-state index contributed by atoms with van der Waals surface area (Å²) in [6, 6.07) is 3.39. The van der Waals surface area contributed by atoms with Gasteiger partial charge in [-0.15, -0.1) is 0 Å². The summed E-state index contributed by atoms with van der Waals surface area (Å²) in [6.07, 6.45) is 3.26. The summed E-state index contributed by atoms with van der Waals surface area (Å²) in [5.41, 5.74) is 1.74. The summed E-state index contributed by atoms with van der Waals surface area (Å²) >= 11 is 6.65. The van der Waals surface area contributed by atoms with Gasteiger partial charge in [-0.05, 0) is 69.0 Å². The largest absolute Gasteiger partial charge is 0.326 e. The molecule has 20 heavy (non-hydrogen) atoms. The molecule has 0 bridgehead atoms. The van der Waals surface area contributed by atoms with E-state index in [0.717, 1.165) is 20.1 Å². The molecule has 0 fully saturated rings.